The second-order valence-electron chi connectivity index (χ2n) is 6.58. The Balaban J connectivity index is 1.58. The fraction of sp³-hybridized carbons (Fsp3) is 0.190. The Morgan fingerprint density at radius 3 is 2.74 bits per heavy atom. The Morgan fingerprint density at radius 2 is 2.00 bits per heavy atom. The third-order valence-electron chi connectivity index (χ3n) is 4.47. The van der Waals surface area contributed by atoms with Crippen LogP contribution in [-0.4, -0.2) is 53.7 Å². The zero-order chi connectivity index (χ0) is 21.8. The summed E-state index contributed by atoms with van der Waals surface area (Å²) in [5.41, 5.74) is 1.18. The quantitative estimate of drug-likeness (QED) is 0.471. The third kappa shape index (κ3) is 4.53. The van der Waals surface area contributed by atoms with Gasteiger partial charge in [-0.1, -0.05) is 0 Å². The van der Waals surface area contributed by atoms with Gasteiger partial charge in [0, 0.05) is 25.4 Å². The van der Waals surface area contributed by atoms with Crippen molar-refractivity contribution in [2.24, 2.45) is 0 Å². The number of aromatic nitrogens is 4. The summed E-state index contributed by atoms with van der Waals surface area (Å²) in [6.07, 6.45) is 3.20. The minimum atomic E-state index is -0.197. The summed E-state index contributed by atoms with van der Waals surface area (Å²) < 4.78 is 10.3. The smallest absolute Gasteiger partial charge is 0.243 e. The molecule has 0 spiro atoms. The van der Waals surface area contributed by atoms with Crippen LogP contribution < -0.4 is 19.7 Å². The molecule has 1 amide bonds. The van der Waals surface area contributed by atoms with Crippen LogP contribution in [-0.2, 0) is 4.79 Å². The van der Waals surface area contributed by atoms with Gasteiger partial charge >= 0.3 is 0 Å². The van der Waals surface area contributed by atoms with Crippen LogP contribution in [0.1, 0.15) is 0 Å². The second kappa shape index (κ2) is 8.92. The molecule has 158 valence electrons. The van der Waals surface area contributed by atoms with Crippen molar-refractivity contribution in [3.8, 4) is 23.1 Å². The van der Waals surface area contributed by atoms with Gasteiger partial charge in [0.1, 0.15) is 22.1 Å². The summed E-state index contributed by atoms with van der Waals surface area (Å²) in [4.78, 5) is 33.0. The third-order valence-corrected chi connectivity index (χ3v) is 5.28. The number of anilines is 2. The minimum absolute atomic E-state index is 0.0962. The first-order chi connectivity index (χ1) is 15.1. The summed E-state index contributed by atoms with van der Waals surface area (Å²) in [7, 11) is 4.95. The first-order valence-electron chi connectivity index (χ1n) is 9.34. The number of pyridine rings is 2. The molecule has 0 saturated carbocycles. The number of methoxy groups -OCH3 is 2. The van der Waals surface area contributed by atoms with Crippen LogP contribution >= 0.6 is 11.3 Å². The average molecular weight is 436 g/mol. The lowest BCUT2D eigenvalue weighted by molar-refractivity contribution is -0.114. The van der Waals surface area contributed by atoms with Crippen LogP contribution in [0.4, 0.5) is 11.5 Å². The zero-order valence-corrected chi connectivity index (χ0v) is 18.0. The molecule has 0 aliphatic rings. The van der Waals surface area contributed by atoms with Crippen molar-refractivity contribution < 1.29 is 14.3 Å². The molecular weight excluding hydrogens is 416 g/mol. The van der Waals surface area contributed by atoms with Gasteiger partial charge in [0.25, 0.3) is 0 Å². The molecule has 0 aliphatic heterocycles. The number of amides is 1. The van der Waals surface area contributed by atoms with E-state index in [0.717, 1.165) is 10.2 Å². The topological polar surface area (TPSA) is 102 Å². The number of thiophene rings is 1. The van der Waals surface area contributed by atoms with Crippen molar-refractivity contribution in [2.75, 3.05) is 38.0 Å². The maximum absolute atomic E-state index is 12.6. The van der Waals surface area contributed by atoms with E-state index in [-0.39, 0.29) is 12.5 Å². The highest BCUT2D eigenvalue weighted by Crippen LogP contribution is 2.30. The summed E-state index contributed by atoms with van der Waals surface area (Å²) in [5.74, 6) is 2.07. The number of nitrogens with one attached hydrogen (secondary N) is 1. The highest BCUT2D eigenvalue weighted by Gasteiger charge is 2.17. The lowest BCUT2D eigenvalue weighted by atomic mass is 10.3. The highest BCUT2D eigenvalue weighted by atomic mass is 32.1. The molecule has 0 radical (unpaired) electrons. The molecule has 9 nitrogen and oxygen atoms in total. The number of hydrogen-bond donors (Lipinski definition) is 1. The molecule has 4 aromatic rings. The highest BCUT2D eigenvalue weighted by molar-refractivity contribution is 7.16. The predicted octanol–water partition coefficient (Wildman–Crippen LogP) is 3.24. The summed E-state index contributed by atoms with van der Waals surface area (Å²) in [6, 6.07) is 8.91. The molecule has 0 aliphatic carbocycles. The summed E-state index contributed by atoms with van der Waals surface area (Å²) in [6.45, 7) is 0.0962. The lowest BCUT2D eigenvalue weighted by Gasteiger charge is -2.19. The number of fused-ring (bicyclic) bond motifs is 1. The largest absolute Gasteiger partial charge is 0.497 e. The van der Waals surface area contributed by atoms with E-state index in [4.69, 9.17) is 14.5 Å². The van der Waals surface area contributed by atoms with Crippen molar-refractivity contribution in [2.45, 2.75) is 0 Å². The van der Waals surface area contributed by atoms with Gasteiger partial charge in [-0.05, 0) is 23.6 Å². The van der Waals surface area contributed by atoms with Crippen molar-refractivity contribution in [1.29, 1.82) is 0 Å². The van der Waals surface area contributed by atoms with Crippen LogP contribution in [0.2, 0.25) is 0 Å². The summed E-state index contributed by atoms with van der Waals surface area (Å²) in [5, 5.41) is 5.65. The number of nitrogens with zero attached hydrogens (tertiary/aromatic N) is 5. The number of ether oxygens (including phenoxy) is 2. The minimum Gasteiger partial charge on any atom is -0.497 e. The van der Waals surface area contributed by atoms with Gasteiger partial charge in [0.15, 0.2) is 5.82 Å². The molecule has 0 aromatic carbocycles. The first-order valence-corrected chi connectivity index (χ1v) is 10.2. The number of rotatable bonds is 7. The molecule has 0 unspecified atom stereocenters. The molecule has 0 saturated heterocycles. The van der Waals surface area contributed by atoms with E-state index >= 15 is 0 Å². The predicted molar refractivity (Wildman–Crippen MR) is 120 cm³/mol. The molecule has 10 heteroatoms. The SMILES string of the molecule is COc1ccnc(-c2nc(N(C)CC(=O)Nc3ccc(OC)nc3)c3ccsc3n2)c1. The van der Waals surface area contributed by atoms with E-state index in [1.807, 2.05) is 18.5 Å². The Morgan fingerprint density at radius 1 is 1.13 bits per heavy atom. The van der Waals surface area contributed by atoms with Crippen LogP contribution in [0.5, 0.6) is 11.6 Å². The van der Waals surface area contributed by atoms with Crippen molar-refractivity contribution in [3.63, 3.8) is 0 Å². The Labute approximate surface area is 182 Å². The van der Waals surface area contributed by atoms with Crippen molar-refractivity contribution >= 4 is 39.0 Å². The van der Waals surface area contributed by atoms with E-state index in [0.29, 0.717) is 34.7 Å². The molecule has 4 rings (SSSR count). The second-order valence-corrected chi connectivity index (χ2v) is 7.48. The number of hydrogen-bond acceptors (Lipinski definition) is 9. The van der Waals surface area contributed by atoms with E-state index < -0.39 is 0 Å². The van der Waals surface area contributed by atoms with Gasteiger partial charge in [0.05, 0.1) is 38.0 Å². The molecule has 0 atom stereocenters. The van der Waals surface area contributed by atoms with Crippen LogP contribution in [0.3, 0.4) is 0 Å². The van der Waals surface area contributed by atoms with Gasteiger partial charge < -0.3 is 19.7 Å². The number of likely N-dealkylation sites (N-methyl/N-ethyl adjacent to an activating group) is 1. The Bertz CT molecular complexity index is 1210. The molecule has 1 N–H and O–H groups in total. The lowest BCUT2D eigenvalue weighted by Crippen LogP contribution is -2.31. The van der Waals surface area contributed by atoms with Crippen LogP contribution in [0.25, 0.3) is 21.7 Å². The van der Waals surface area contributed by atoms with Gasteiger partial charge in [-0.25, -0.2) is 15.0 Å². The van der Waals surface area contributed by atoms with E-state index in [2.05, 4.69) is 20.3 Å². The fourth-order valence-electron chi connectivity index (χ4n) is 2.97. The van der Waals surface area contributed by atoms with Gasteiger partial charge in [-0.3, -0.25) is 9.78 Å². The molecule has 4 heterocycles. The van der Waals surface area contributed by atoms with Crippen LogP contribution in [0.15, 0.2) is 48.1 Å². The Hall–Kier alpha value is -3.79. The molecule has 0 fully saturated rings. The van der Waals surface area contributed by atoms with Crippen molar-refractivity contribution in [3.05, 3.63) is 48.1 Å². The van der Waals surface area contributed by atoms with Gasteiger partial charge in [-0.2, -0.15) is 0 Å². The maximum atomic E-state index is 12.6. The number of carbonyl (C=O) groups is 1. The van der Waals surface area contributed by atoms with E-state index in [1.165, 1.54) is 18.4 Å². The number of carbonyl (C=O) groups excluding carboxylic acids is 1. The molecule has 31 heavy (non-hydrogen) atoms. The fourth-order valence-corrected chi connectivity index (χ4v) is 3.73. The maximum Gasteiger partial charge on any atom is 0.243 e. The van der Waals surface area contributed by atoms with E-state index in [1.54, 1.807) is 48.7 Å². The molecule has 0 bridgehead atoms. The van der Waals surface area contributed by atoms with E-state index in [9.17, 15) is 4.79 Å². The van der Waals surface area contributed by atoms with Crippen molar-refractivity contribution in [1.82, 2.24) is 19.9 Å². The van der Waals surface area contributed by atoms with Crippen LogP contribution in [0, 0.1) is 0 Å². The monoisotopic (exact) mass is 436 g/mol. The normalized spacial score (nSPS) is 10.7. The molecular formula is C21H20N6O3S. The average Bonchev–Trinajstić information content (AvgIpc) is 3.27. The summed E-state index contributed by atoms with van der Waals surface area (Å²) >= 11 is 1.51. The zero-order valence-electron chi connectivity index (χ0n) is 17.2. The Kier molecular flexibility index (Phi) is 5.89. The standard InChI is InChI=1S/C21H20N6O3S/c1-27(12-17(28)24-13-4-5-18(30-3)23-11-13)20-15-7-9-31-21(15)26-19(25-20)16-10-14(29-2)6-8-22-16/h4-11H,12H2,1-3H3,(H,24,28). The van der Waals surface area contributed by atoms with Gasteiger partial charge in [0.2, 0.25) is 11.8 Å². The van der Waals surface area contributed by atoms with Gasteiger partial charge in [-0.15, -0.1) is 11.3 Å². The first kappa shape index (κ1) is 20.5. The molecule has 4 aromatic heterocycles.